The largest absolute Gasteiger partial charge is 0.276 e. The molecule has 0 saturated carbocycles. The summed E-state index contributed by atoms with van der Waals surface area (Å²) in [5, 5.41) is -0.0637. The Morgan fingerprint density at radius 2 is 1.73 bits per heavy atom. The molecular weight excluding hydrogens is 206 g/mol. The zero-order valence-corrected chi connectivity index (χ0v) is 8.39. The topological polar surface area (TPSA) is 17.1 Å². The molecule has 0 fully saturated rings. The maximum atomic E-state index is 10.7. The van der Waals surface area contributed by atoms with Crippen molar-refractivity contribution in [3.8, 4) is 0 Å². The van der Waals surface area contributed by atoms with E-state index < -0.39 is 5.24 Å². The van der Waals surface area contributed by atoms with Crippen LogP contribution in [-0.2, 0) is 4.79 Å². The Kier molecular flexibility index (Phi) is 4.82. The van der Waals surface area contributed by atoms with Gasteiger partial charge in [0.2, 0.25) is 0 Å². The molecule has 4 heteroatoms. The molecule has 11 heavy (non-hydrogen) atoms. The van der Waals surface area contributed by atoms with Gasteiger partial charge in [-0.1, -0.05) is 29.3 Å². The van der Waals surface area contributed by atoms with Crippen LogP contribution in [0.3, 0.4) is 0 Å². The Labute approximate surface area is 80.6 Å². The van der Waals surface area contributed by atoms with Crippen molar-refractivity contribution in [3.05, 3.63) is 21.7 Å². The first kappa shape index (κ1) is 11.0. The van der Waals surface area contributed by atoms with Crippen LogP contribution in [0, 0.1) is 0 Å². The summed E-state index contributed by atoms with van der Waals surface area (Å²) in [6.45, 7) is 3.26. The van der Waals surface area contributed by atoms with Crippen molar-refractivity contribution in [1.29, 1.82) is 0 Å². The van der Waals surface area contributed by atoms with Gasteiger partial charge in [0.15, 0.2) is 0 Å². The first-order valence-corrected chi connectivity index (χ1v) is 4.02. The fraction of sp³-hybridized carbons (Fsp3) is 0.286. The molecule has 0 N–H and O–H groups in total. The van der Waals surface area contributed by atoms with Crippen molar-refractivity contribution in [1.82, 2.24) is 0 Å². The molecule has 0 heterocycles. The smallest absolute Gasteiger partial charge is 0.255 e. The second-order valence-corrected chi connectivity index (χ2v) is 3.14. The van der Waals surface area contributed by atoms with E-state index in [2.05, 4.69) is 0 Å². The minimum atomic E-state index is -0.638. The molecule has 0 amide bonds. The van der Waals surface area contributed by atoms with Gasteiger partial charge in [0.25, 0.3) is 5.24 Å². The lowest BCUT2D eigenvalue weighted by molar-refractivity contribution is -0.108. The number of hydrogen-bond acceptors (Lipinski definition) is 1. The third-order valence-corrected chi connectivity index (χ3v) is 1.82. The number of halogens is 3. The summed E-state index contributed by atoms with van der Waals surface area (Å²) in [4.78, 5) is 10.7. The van der Waals surface area contributed by atoms with Crippen LogP contribution in [0.1, 0.15) is 13.8 Å². The molecule has 0 aromatic rings. The summed E-state index contributed by atoms with van der Waals surface area (Å²) in [5.41, 5.74) is 0.164. The monoisotopic (exact) mass is 212 g/mol. The second-order valence-electron chi connectivity index (χ2n) is 1.82. The number of carbonyl (C=O) groups excluding carboxylic acids is 1. The predicted molar refractivity (Wildman–Crippen MR) is 49.0 cm³/mol. The second kappa shape index (κ2) is 4.81. The van der Waals surface area contributed by atoms with Crippen LogP contribution in [0.5, 0.6) is 0 Å². The molecule has 0 aromatic heterocycles. The molecule has 0 radical (unpaired) electrons. The molecule has 0 aromatic carbocycles. The van der Waals surface area contributed by atoms with E-state index >= 15 is 0 Å². The van der Waals surface area contributed by atoms with Crippen LogP contribution < -0.4 is 0 Å². The van der Waals surface area contributed by atoms with E-state index in [1.54, 1.807) is 19.9 Å². The van der Waals surface area contributed by atoms with E-state index in [4.69, 9.17) is 34.8 Å². The molecule has 0 aliphatic rings. The number of hydrogen-bond donors (Lipinski definition) is 0. The van der Waals surface area contributed by atoms with E-state index in [1.807, 2.05) is 0 Å². The molecule has 0 bridgehead atoms. The Hall–Kier alpha value is 0.0200. The summed E-state index contributed by atoms with van der Waals surface area (Å²) < 4.78 is 0. The average molecular weight is 213 g/mol. The minimum Gasteiger partial charge on any atom is -0.276 e. The normalized spacial score (nSPS) is 14.5. The molecular formula is C7H7Cl3O. The van der Waals surface area contributed by atoms with Gasteiger partial charge in [-0.2, -0.15) is 0 Å². The van der Waals surface area contributed by atoms with Crippen LogP contribution in [0.15, 0.2) is 21.7 Å². The molecule has 62 valence electrons. The zero-order chi connectivity index (χ0) is 9.02. The molecule has 0 atom stereocenters. The van der Waals surface area contributed by atoms with Gasteiger partial charge >= 0.3 is 0 Å². The fourth-order valence-corrected chi connectivity index (χ4v) is 1.34. The predicted octanol–water partition coefficient (Wildman–Crippen LogP) is 3.41. The molecule has 0 rings (SSSR count). The van der Waals surface area contributed by atoms with Crippen LogP contribution >= 0.6 is 34.8 Å². The van der Waals surface area contributed by atoms with Gasteiger partial charge in [-0.05, 0) is 25.4 Å². The lowest BCUT2D eigenvalue weighted by Crippen LogP contribution is -1.94. The third-order valence-electron chi connectivity index (χ3n) is 1.03. The number of allylic oxidation sites excluding steroid dienone is 4. The first-order chi connectivity index (χ1) is 5.00. The minimum absolute atomic E-state index is 0.164. The van der Waals surface area contributed by atoms with E-state index in [0.29, 0.717) is 5.03 Å². The fourth-order valence-electron chi connectivity index (χ4n) is 0.538. The van der Waals surface area contributed by atoms with E-state index in [1.165, 1.54) is 0 Å². The van der Waals surface area contributed by atoms with Gasteiger partial charge in [-0.15, -0.1) is 0 Å². The van der Waals surface area contributed by atoms with E-state index in [0.717, 1.165) is 0 Å². The van der Waals surface area contributed by atoms with Gasteiger partial charge in [0.1, 0.15) is 0 Å². The van der Waals surface area contributed by atoms with Gasteiger partial charge in [0, 0.05) is 10.1 Å². The van der Waals surface area contributed by atoms with Gasteiger partial charge in [-0.25, -0.2) is 0 Å². The maximum Gasteiger partial charge on any atom is 0.255 e. The van der Waals surface area contributed by atoms with Crippen molar-refractivity contribution in [2.24, 2.45) is 0 Å². The highest BCUT2D eigenvalue weighted by Crippen LogP contribution is 2.23. The zero-order valence-electron chi connectivity index (χ0n) is 6.12. The first-order valence-electron chi connectivity index (χ1n) is 2.89. The molecule has 0 saturated heterocycles. The van der Waals surface area contributed by atoms with Crippen molar-refractivity contribution < 1.29 is 4.79 Å². The van der Waals surface area contributed by atoms with Crippen LogP contribution in [0.25, 0.3) is 0 Å². The molecule has 0 spiro atoms. The summed E-state index contributed by atoms with van der Waals surface area (Å²) in [5.74, 6) is 0. The van der Waals surface area contributed by atoms with Crippen molar-refractivity contribution in [3.63, 3.8) is 0 Å². The Bertz CT molecular complexity index is 224. The quantitative estimate of drug-likeness (QED) is 0.390. The molecule has 0 aliphatic carbocycles. The molecule has 0 aliphatic heterocycles. The SMILES string of the molecule is C/C=C(Cl)\C(C(=O)Cl)=C(/C)Cl. The lowest BCUT2D eigenvalue weighted by atomic mass is 10.2. The Morgan fingerprint density at radius 3 is 1.82 bits per heavy atom. The van der Waals surface area contributed by atoms with Crippen molar-refractivity contribution in [2.75, 3.05) is 0 Å². The van der Waals surface area contributed by atoms with Crippen LogP contribution in [0.2, 0.25) is 0 Å². The van der Waals surface area contributed by atoms with Crippen molar-refractivity contribution in [2.45, 2.75) is 13.8 Å². The van der Waals surface area contributed by atoms with E-state index in [-0.39, 0.29) is 10.6 Å². The number of carbonyl (C=O) groups is 1. The standard InChI is InChI=1S/C7H7Cl3O/c1-3-5(9)6(4(2)8)7(10)11/h3H,1-2H3/b5-3+,6-4-. The Balaban J connectivity index is 4.95. The summed E-state index contributed by atoms with van der Waals surface area (Å²) in [6, 6.07) is 0. The highest BCUT2D eigenvalue weighted by Gasteiger charge is 2.11. The third kappa shape index (κ3) is 3.28. The van der Waals surface area contributed by atoms with Gasteiger partial charge in [-0.3, -0.25) is 4.79 Å². The lowest BCUT2D eigenvalue weighted by Gasteiger charge is -1.99. The van der Waals surface area contributed by atoms with Gasteiger partial charge < -0.3 is 0 Å². The maximum absolute atomic E-state index is 10.7. The van der Waals surface area contributed by atoms with E-state index in [9.17, 15) is 4.79 Å². The van der Waals surface area contributed by atoms with Crippen LogP contribution in [-0.4, -0.2) is 5.24 Å². The molecule has 0 unspecified atom stereocenters. The average Bonchev–Trinajstić information content (AvgIpc) is 1.85. The highest BCUT2D eigenvalue weighted by molar-refractivity contribution is 6.70. The Morgan fingerprint density at radius 1 is 1.27 bits per heavy atom. The number of rotatable bonds is 2. The van der Waals surface area contributed by atoms with Gasteiger partial charge in [0.05, 0.1) is 5.57 Å². The van der Waals surface area contributed by atoms with Crippen molar-refractivity contribution >= 4 is 40.0 Å². The summed E-state index contributed by atoms with van der Waals surface area (Å²) >= 11 is 16.4. The summed E-state index contributed by atoms with van der Waals surface area (Å²) in [7, 11) is 0. The highest BCUT2D eigenvalue weighted by atomic mass is 35.5. The molecule has 1 nitrogen and oxygen atoms in total. The van der Waals surface area contributed by atoms with Crippen LogP contribution in [0.4, 0.5) is 0 Å². The summed E-state index contributed by atoms with van der Waals surface area (Å²) in [6.07, 6.45) is 1.56.